The molecule has 0 saturated carbocycles. The summed E-state index contributed by atoms with van der Waals surface area (Å²) in [6.45, 7) is 9.55. The van der Waals surface area contributed by atoms with Gasteiger partial charge in [-0.1, -0.05) is 12.7 Å². The first-order valence-electron chi connectivity index (χ1n) is 6.91. The first kappa shape index (κ1) is 17.3. The second-order valence-corrected chi connectivity index (χ2v) is 5.82. The molecule has 1 aliphatic heterocycles. The third-order valence-electron chi connectivity index (χ3n) is 2.90. The number of ether oxygens (including phenoxy) is 2. The molecular weight excluding hydrogens is 276 g/mol. The number of rotatable bonds is 3. The molecule has 0 radical (unpaired) electrons. The fraction of sp³-hybridized carbons (Fsp3) is 0.714. The van der Waals surface area contributed by atoms with Crippen LogP contribution < -0.4 is 0 Å². The molecule has 1 N–H and O–H groups in total. The fourth-order valence-electron chi connectivity index (χ4n) is 1.96. The Morgan fingerprint density at radius 3 is 2.52 bits per heavy atom. The molecule has 0 unspecified atom stereocenters. The molecule has 0 aromatic rings. The number of hydrogen-bond donors (Lipinski definition) is 1. The maximum atomic E-state index is 12.1. The average molecular weight is 300 g/mol. The number of amides is 2. The van der Waals surface area contributed by atoms with Crippen LogP contribution in [0.15, 0.2) is 12.7 Å². The van der Waals surface area contributed by atoms with E-state index in [-0.39, 0.29) is 19.8 Å². The van der Waals surface area contributed by atoms with Crippen molar-refractivity contribution >= 4 is 12.2 Å². The number of carbonyl (C=O) groups excluding carboxylic acids is 2. The van der Waals surface area contributed by atoms with Gasteiger partial charge in [-0.25, -0.2) is 9.59 Å². The number of hydrogen-bond acceptors (Lipinski definition) is 5. The van der Waals surface area contributed by atoms with Crippen LogP contribution in [0, 0.1) is 0 Å². The van der Waals surface area contributed by atoms with Crippen LogP contribution in [0.4, 0.5) is 9.59 Å². The minimum absolute atomic E-state index is 0.134. The number of aliphatic hydroxyl groups excluding tert-OH is 1. The quantitative estimate of drug-likeness (QED) is 0.793. The molecule has 1 rings (SSSR count). The molecule has 0 bridgehead atoms. The van der Waals surface area contributed by atoms with Crippen LogP contribution in [0.2, 0.25) is 0 Å². The van der Waals surface area contributed by atoms with E-state index in [2.05, 4.69) is 6.58 Å². The fourth-order valence-corrected chi connectivity index (χ4v) is 1.96. The molecular formula is C14H24N2O5. The van der Waals surface area contributed by atoms with Crippen molar-refractivity contribution in [1.29, 1.82) is 0 Å². The Kier molecular flexibility index (Phi) is 6.02. The SMILES string of the molecule is C=CCOC(=O)N1CCN(C(=O)OC(C)(C)C)[C@H](CO)C1. The number of carbonyl (C=O) groups is 2. The first-order valence-corrected chi connectivity index (χ1v) is 6.91. The Morgan fingerprint density at radius 2 is 2.00 bits per heavy atom. The van der Waals surface area contributed by atoms with Gasteiger partial charge in [0.1, 0.15) is 12.2 Å². The van der Waals surface area contributed by atoms with Gasteiger partial charge in [0, 0.05) is 19.6 Å². The Labute approximate surface area is 125 Å². The van der Waals surface area contributed by atoms with Crippen LogP contribution in [0.1, 0.15) is 20.8 Å². The Balaban J connectivity index is 2.63. The summed E-state index contributed by atoms with van der Waals surface area (Å²) in [5, 5.41) is 9.44. The topological polar surface area (TPSA) is 79.3 Å². The molecule has 1 heterocycles. The lowest BCUT2D eigenvalue weighted by Crippen LogP contribution is -2.58. The zero-order valence-electron chi connectivity index (χ0n) is 12.9. The molecule has 0 aromatic carbocycles. The molecule has 21 heavy (non-hydrogen) atoms. The molecule has 0 spiro atoms. The lowest BCUT2D eigenvalue weighted by molar-refractivity contribution is -0.0115. The molecule has 7 nitrogen and oxygen atoms in total. The monoisotopic (exact) mass is 300 g/mol. The van der Waals surface area contributed by atoms with E-state index in [0.29, 0.717) is 13.1 Å². The second kappa shape index (κ2) is 7.31. The lowest BCUT2D eigenvalue weighted by atomic mass is 10.2. The van der Waals surface area contributed by atoms with E-state index in [4.69, 9.17) is 9.47 Å². The van der Waals surface area contributed by atoms with Crippen LogP contribution in [-0.4, -0.2) is 71.6 Å². The first-order chi connectivity index (χ1) is 9.78. The average Bonchev–Trinajstić information content (AvgIpc) is 2.42. The van der Waals surface area contributed by atoms with Crippen molar-refractivity contribution in [2.75, 3.05) is 32.8 Å². The highest BCUT2D eigenvalue weighted by Gasteiger charge is 2.34. The van der Waals surface area contributed by atoms with E-state index in [1.165, 1.54) is 15.9 Å². The largest absolute Gasteiger partial charge is 0.445 e. The normalized spacial score (nSPS) is 19.1. The maximum absolute atomic E-state index is 12.1. The number of piperazine rings is 1. The molecule has 7 heteroatoms. The highest BCUT2D eigenvalue weighted by molar-refractivity contribution is 5.71. The highest BCUT2D eigenvalue weighted by Crippen LogP contribution is 2.16. The molecule has 1 saturated heterocycles. The van der Waals surface area contributed by atoms with Crippen LogP contribution in [-0.2, 0) is 9.47 Å². The van der Waals surface area contributed by atoms with E-state index in [9.17, 15) is 14.7 Å². The smallest absolute Gasteiger partial charge is 0.410 e. The minimum atomic E-state index is -0.600. The predicted octanol–water partition coefficient (Wildman–Crippen LogP) is 1.22. The van der Waals surface area contributed by atoms with Gasteiger partial charge in [0.05, 0.1) is 12.6 Å². The van der Waals surface area contributed by atoms with E-state index in [1.54, 1.807) is 20.8 Å². The molecule has 1 fully saturated rings. The second-order valence-electron chi connectivity index (χ2n) is 5.82. The van der Waals surface area contributed by atoms with Crippen molar-refractivity contribution in [3.05, 3.63) is 12.7 Å². The molecule has 0 aromatic heterocycles. The Morgan fingerprint density at radius 1 is 1.33 bits per heavy atom. The molecule has 0 aliphatic carbocycles. The van der Waals surface area contributed by atoms with Gasteiger partial charge in [-0.15, -0.1) is 0 Å². The van der Waals surface area contributed by atoms with Crippen molar-refractivity contribution in [2.24, 2.45) is 0 Å². The predicted molar refractivity (Wildman–Crippen MR) is 76.9 cm³/mol. The van der Waals surface area contributed by atoms with Crippen molar-refractivity contribution in [3.63, 3.8) is 0 Å². The van der Waals surface area contributed by atoms with Crippen LogP contribution in [0.3, 0.4) is 0 Å². The highest BCUT2D eigenvalue weighted by atomic mass is 16.6. The van der Waals surface area contributed by atoms with Crippen molar-refractivity contribution in [2.45, 2.75) is 32.4 Å². The van der Waals surface area contributed by atoms with E-state index >= 15 is 0 Å². The van der Waals surface area contributed by atoms with Gasteiger partial charge >= 0.3 is 12.2 Å². The van der Waals surface area contributed by atoms with Gasteiger partial charge < -0.3 is 19.5 Å². The molecule has 120 valence electrons. The van der Waals surface area contributed by atoms with Gasteiger partial charge in [0.25, 0.3) is 0 Å². The number of aliphatic hydroxyl groups is 1. The Hall–Kier alpha value is -1.76. The van der Waals surface area contributed by atoms with Crippen LogP contribution in [0.5, 0.6) is 0 Å². The van der Waals surface area contributed by atoms with Crippen LogP contribution in [0.25, 0.3) is 0 Å². The van der Waals surface area contributed by atoms with E-state index in [0.717, 1.165) is 0 Å². The van der Waals surface area contributed by atoms with Gasteiger partial charge in [-0.2, -0.15) is 0 Å². The van der Waals surface area contributed by atoms with E-state index < -0.39 is 23.8 Å². The van der Waals surface area contributed by atoms with Gasteiger partial charge in [-0.05, 0) is 20.8 Å². The van der Waals surface area contributed by atoms with Crippen molar-refractivity contribution in [3.8, 4) is 0 Å². The van der Waals surface area contributed by atoms with Crippen molar-refractivity contribution in [1.82, 2.24) is 9.80 Å². The summed E-state index contributed by atoms with van der Waals surface area (Å²) in [7, 11) is 0. The van der Waals surface area contributed by atoms with Crippen LogP contribution >= 0.6 is 0 Å². The zero-order valence-corrected chi connectivity index (χ0v) is 12.9. The minimum Gasteiger partial charge on any atom is -0.445 e. The van der Waals surface area contributed by atoms with E-state index in [1.807, 2.05) is 0 Å². The van der Waals surface area contributed by atoms with Crippen molar-refractivity contribution < 1.29 is 24.2 Å². The Bertz CT molecular complexity index is 391. The molecule has 1 atom stereocenters. The summed E-state index contributed by atoms with van der Waals surface area (Å²) in [6.07, 6.45) is 0.524. The summed E-state index contributed by atoms with van der Waals surface area (Å²) >= 11 is 0. The summed E-state index contributed by atoms with van der Waals surface area (Å²) in [5.41, 5.74) is -0.600. The van der Waals surface area contributed by atoms with Gasteiger partial charge in [0.15, 0.2) is 0 Å². The number of nitrogens with zero attached hydrogens (tertiary/aromatic N) is 2. The third kappa shape index (κ3) is 5.26. The lowest BCUT2D eigenvalue weighted by Gasteiger charge is -2.40. The third-order valence-corrected chi connectivity index (χ3v) is 2.90. The molecule has 1 aliphatic rings. The molecule has 2 amide bonds. The maximum Gasteiger partial charge on any atom is 0.410 e. The summed E-state index contributed by atoms with van der Waals surface area (Å²) < 4.78 is 10.3. The van der Waals surface area contributed by atoms with Gasteiger partial charge in [-0.3, -0.25) is 4.90 Å². The summed E-state index contributed by atoms with van der Waals surface area (Å²) in [5.74, 6) is 0. The standard InChI is InChI=1S/C14H24N2O5/c1-5-8-20-12(18)15-6-7-16(11(9-15)10-17)13(19)21-14(2,3)4/h5,11,17H,1,6-10H2,2-4H3/t11-/m0/s1. The van der Waals surface area contributed by atoms with Gasteiger partial charge in [0.2, 0.25) is 0 Å². The summed E-state index contributed by atoms with van der Waals surface area (Å²) in [4.78, 5) is 26.8. The zero-order chi connectivity index (χ0) is 16.0. The summed E-state index contributed by atoms with van der Waals surface area (Å²) in [6, 6.07) is -0.495.